The Morgan fingerprint density at radius 1 is 1.31 bits per heavy atom. The highest BCUT2D eigenvalue weighted by Gasteiger charge is 2.40. The van der Waals surface area contributed by atoms with Crippen molar-refractivity contribution in [1.29, 1.82) is 0 Å². The summed E-state index contributed by atoms with van der Waals surface area (Å²) in [5, 5.41) is 17.2. The van der Waals surface area contributed by atoms with Crippen molar-refractivity contribution in [3.8, 4) is 0 Å². The highest BCUT2D eigenvalue weighted by atomic mass is 35.5. The summed E-state index contributed by atoms with van der Waals surface area (Å²) in [6.07, 6.45) is 6.38. The van der Waals surface area contributed by atoms with Gasteiger partial charge in [0.05, 0.1) is 11.8 Å². The Morgan fingerprint density at radius 3 is 2.85 bits per heavy atom. The van der Waals surface area contributed by atoms with Gasteiger partial charge in [-0.3, -0.25) is 0 Å². The largest absolute Gasteiger partial charge is 0.492 e. The van der Waals surface area contributed by atoms with Crippen molar-refractivity contribution >= 4 is 41.6 Å². The first kappa shape index (κ1) is 17.6. The Morgan fingerprint density at radius 2 is 2.08 bits per heavy atom. The molecule has 0 amide bonds. The fourth-order valence-corrected chi connectivity index (χ4v) is 3.84. The maximum Gasteiger partial charge on any atom is 0.492 e. The molecule has 1 aromatic carbocycles. The molecule has 2 aromatic rings. The summed E-state index contributed by atoms with van der Waals surface area (Å²) < 4.78 is 5.60. The maximum atomic E-state index is 10.0. The summed E-state index contributed by atoms with van der Waals surface area (Å²) >= 11 is 6.25. The number of nitrogens with one attached hydrogen (secondary N) is 2. The predicted molar refractivity (Wildman–Crippen MR) is 104 cm³/mol. The van der Waals surface area contributed by atoms with Gasteiger partial charge in [-0.2, -0.15) is 4.98 Å². The second-order valence-corrected chi connectivity index (χ2v) is 7.83. The average molecular weight is 373 g/mol. The van der Waals surface area contributed by atoms with Crippen LogP contribution in [0, 0.1) is 0 Å². The second-order valence-electron chi connectivity index (χ2n) is 7.42. The van der Waals surface area contributed by atoms with E-state index in [2.05, 4.69) is 20.6 Å². The molecule has 8 heteroatoms. The van der Waals surface area contributed by atoms with E-state index in [4.69, 9.17) is 16.3 Å². The maximum absolute atomic E-state index is 10.0. The van der Waals surface area contributed by atoms with Crippen molar-refractivity contribution in [2.75, 3.05) is 10.6 Å². The van der Waals surface area contributed by atoms with Gasteiger partial charge in [0.25, 0.3) is 0 Å². The molecule has 0 atom stereocenters. The molecule has 2 heterocycles. The minimum Gasteiger partial charge on any atom is -0.423 e. The number of anilines is 3. The first-order valence-electron chi connectivity index (χ1n) is 8.99. The van der Waals surface area contributed by atoms with Gasteiger partial charge in [0.1, 0.15) is 5.02 Å². The van der Waals surface area contributed by atoms with Crippen molar-refractivity contribution in [1.82, 2.24) is 9.97 Å². The van der Waals surface area contributed by atoms with Crippen LogP contribution >= 0.6 is 11.6 Å². The number of hydrogen-bond acceptors (Lipinski definition) is 6. The number of benzene rings is 1. The van der Waals surface area contributed by atoms with Crippen LogP contribution in [0.15, 0.2) is 24.4 Å². The molecule has 0 spiro atoms. The molecule has 2 aliphatic rings. The zero-order valence-corrected chi connectivity index (χ0v) is 15.7. The van der Waals surface area contributed by atoms with Crippen molar-refractivity contribution in [3.63, 3.8) is 0 Å². The lowest BCUT2D eigenvalue weighted by atomic mass is 9.78. The van der Waals surface area contributed by atoms with Gasteiger partial charge in [0, 0.05) is 11.7 Å². The molecule has 6 nitrogen and oxygen atoms in total. The quantitative estimate of drug-likeness (QED) is 0.715. The van der Waals surface area contributed by atoms with Crippen molar-refractivity contribution in [3.05, 3.63) is 35.0 Å². The van der Waals surface area contributed by atoms with Crippen LogP contribution in [-0.4, -0.2) is 28.2 Å². The van der Waals surface area contributed by atoms with E-state index < -0.39 is 12.7 Å². The van der Waals surface area contributed by atoms with Crippen LogP contribution in [0.5, 0.6) is 0 Å². The van der Waals surface area contributed by atoms with Crippen LogP contribution in [0.2, 0.25) is 5.02 Å². The number of aromatic nitrogens is 2. The fourth-order valence-electron chi connectivity index (χ4n) is 3.70. The number of hydrogen-bond donors (Lipinski definition) is 3. The van der Waals surface area contributed by atoms with E-state index in [1.165, 1.54) is 12.8 Å². The minimum absolute atomic E-state index is 0.426. The minimum atomic E-state index is -0.886. The average Bonchev–Trinajstić information content (AvgIpc) is 3.17. The van der Waals surface area contributed by atoms with Crippen LogP contribution in [0.4, 0.5) is 17.5 Å². The Kier molecular flexibility index (Phi) is 4.55. The van der Waals surface area contributed by atoms with E-state index in [0.717, 1.165) is 29.6 Å². The number of fused-ring (bicyclic) bond motifs is 1. The van der Waals surface area contributed by atoms with E-state index in [-0.39, 0.29) is 0 Å². The van der Waals surface area contributed by atoms with Gasteiger partial charge in [-0.25, -0.2) is 4.98 Å². The Bertz CT molecular complexity index is 827. The highest BCUT2D eigenvalue weighted by molar-refractivity contribution is 6.62. The Hall–Kier alpha value is -1.83. The topological polar surface area (TPSA) is 79.3 Å². The first-order chi connectivity index (χ1) is 12.4. The lowest BCUT2D eigenvalue weighted by Gasteiger charge is -2.20. The molecule has 3 N–H and O–H groups in total. The van der Waals surface area contributed by atoms with Gasteiger partial charge in [0.15, 0.2) is 5.82 Å². The van der Waals surface area contributed by atoms with E-state index in [1.54, 1.807) is 6.20 Å². The SMILES string of the molecule is CC1(C)OB(O)c2ccc(Nc3ncc(Cl)c(NC4CCCC4)n3)cc21. The van der Waals surface area contributed by atoms with Crippen LogP contribution < -0.4 is 16.1 Å². The molecule has 1 saturated carbocycles. The van der Waals surface area contributed by atoms with Crippen molar-refractivity contribution in [2.24, 2.45) is 0 Å². The third kappa shape index (κ3) is 3.39. The molecule has 0 radical (unpaired) electrons. The monoisotopic (exact) mass is 372 g/mol. The van der Waals surface area contributed by atoms with Crippen LogP contribution in [0.3, 0.4) is 0 Å². The molecule has 1 aromatic heterocycles. The summed E-state index contributed by atoms with van der Waals surface area (Å²) in [6, 6.07) is 6.14. The molecule has 136 valence electrons. The number of nitrogens with zero attached hydrogens (tertiary/aromatic N) is 2. The highest BCUT2D eigenvalue weighted by Crippen LogP contribution is 2.32. The summed E-state index contributed by atoms with van der Waals surface area (Å²) in [7, 11) is -0.886. The predicted octanol–water partition coefficient (Wildman–Crippen LogP) is 3.18. The zero-order chi connectivity index (χ0) is 18.3. The van der Waals surface area contributed by atoms with Gasteiger partial charge in [-0.1, -0.05) is 30.5 Å². The summed E-state index contributed by atoms with van der Waals surface area (Å²) in [5.41, 5.74) is 2.04. The van der Waals surface area contributed by atoms with Crippen LogP contribution in [-0.2, 0) is 10.3 Å². The van der Waals surface area contributed by atoms with Gasteiger partial charge in [0.2, 0.25) is 5.95 Å². The zero-order valence-electron chi connectivity index (χ0n) is 14.9. The smallest absolute Gasteiger partial charge is 0.423 e. The molecular weight excluding hydrogens is 350 g/mol. The molecule has 1 fully saturated rings. The molecule has 1 aliphatic heterocycles. The van der Waals surface area contributed by atoms with Gasteiger partial charge < -0.3 is 20.3 Å². The second kappa shape index (κ2) is 6.72. The normalized spacial score (nSPS) is 18.8. The number of rotatable bonds is 4. The van der Waals surface area contributed by atoms with Crippen molar-refractivity contribution < 1.29 is 9.68 Å². The molecule has 0 saturated heterocycles. The number of halogens is 1. The standard InChI is InChI=1S/C18H22BClN4O2/c1-18(2)13-9-12(7-8-14(13)19(25)26-18)23-17-21-10-15(20)16(24-17)22-11-5-3-4-6-11/h7-11,25H,3-6H2,1-2H3,(H2,21,22,23,24). The summed E-state index contributed by atoms with van der Waals surface area (Å²) in [5.74, 6) is 1.14. The molecule has 1 aliphatic carbocycles. The third-order valence-corrected chi connectivity index (χ3v) is 5.35. The van der Waals surface area contributed by atoms with E-state index in [1.807, 2.05) is 32.0 Å². The van der Waals surface area contributed by atoms with E-state index in [9.17, 15) is 5.02 Å². The van der Waals surface area contributed by atoms with Gasteiger partial charge in [-0.05, 0) is 49.8 Å². The van der Waals surface area contributed by atoms with E-state index >= 15 is 0 Å². The lowest BCUT2D eigenvalue weighted by molar-refractivity contribution is 0.101. The Labute approximate surface area is 158 Å². The molecule has 0 bridgehead atoms. The summed E-state index contributed by atoms with van der Waals surface area (Å²) in [4.78, 5) is 8.81. The molecule has 4 rings (SSSR count). The van der Waals surface area contributed by atoms with Crippen molar-refractivity contribution in [2.45, 2.75) is 51.2 Å². The molecular formula is C18H22BClN4O2. The molecule has 0 unspecified atom stereocenters. The third-order valence-electron chi connectivity index (χ3n) is 5.07. The van der Waals surface area contributed by atoms with Crippen LogP contribution in [0.1, 0.15) is 45.1 Å². The van der Waals surface area contributed by atoms with Crippen LogP contribution in [0.25, 0.3) is 0 Å². The van der Waals surface area contributed by atoms with Gasteiger partial charge >= 0.3 is 7.12 Å². The molecule has 26 heavy (non-hydrogen) atoms. The first-order valence-corrected chi connectivity index (χ1v) is 9.36. The summed E-state index contributed by atoms with van der Waals surface area (Å²) in [6.45, 7) is 3.88. The van der Waals surface area contributed by atoms with Gasteiger partial charge in [-0.15, -0.1) is 0 Å². The fraction of sp³-hybridized carbons (Fsp3) is 0.444. The lowest BCUT2D eigenvalue weighted by Crippen LogP contribution is -2.28. The van der Waals surface area contributed by atoms with E-state index in [0.29, 0.717) is 22.8 Å². The Balaban J connectivity index is 1.56.